The van der Waals surface area contributed by atoms with Crippen LogP contribution in [0.5, 0.6) is 5.75 Å². The third-order valence-electron chi connectivity index (χ3n) is 8.63. The molecular formula is C38H38F3N3O7S. The Bertz CT molecular complexity index is 1870. The molecule has 14 heteroatoms. The van der Waals surface area contributed by atoms with E-state index in [1.807, 2.05) is 24.3 Å². The molecule has 0 heterocycles. The summed E-state index contributed by atoms with van der Waals surface area (Å²) in [6.07, 6.45) is -1.11. The highest BCUT2D eigenvalue weighted by Crippen LogP contribution is 2.35. The number of benzene rings is 4. The number of hydrogen-bond acceptors (Lipinski definition) is 6. The molecule has 0 spiro atoms. The van der Waals surface area contributed by atoms with Gasteiger partial charge in [-0.2, -0.15) is 0 Å². The van der Waals surface area contributed by atoms with Gasteiger partial charge in [0, 0.05) is 16.9 Å². The molecule has 4 N–H and O–H groups in total. The Labute approximate surface area is 301 Å². The van der Waals surface area contributed by atoms with E-state index in [0.29, 0.717) is 22.7 Å². The molecule has 52 heavy (non-hydrogen) atoms. The smallest absolute Gasteiger partial charge is 0.479 e. The Morgan fingerprint density at radius 3 is 2.19 bits per heavy atom. The first-order valence-corrected chi connectivity index (χ1v) is 18.0. The molecule has 10 nitrogen and oxygen atoms in total. The molecule has 1 aliphatic carbocycles. The Morgan fingerprint density at radius 2 is 1.56 bits per heavy atom. The van der Waals surface area contributed by atoms with E-state index in [4.69, 9.17) is 5.11 Å². The maximum atomic E-state index is 14.0. The Kier molecular flexibility index (Phi) is 12.7. The summed E-state index contributed by atoms with van der Waals surface area (Å²) < 4.78 is 57.4. The van der Waals surface area contributed by atoms with Crippen molar-refractivity contribution in [1.29, 1.82) is 0 Å². The number of ether oxygens (including phenoxy) is 1. The molecule has 3 amide bonds. The number of aliphatic hydroxyl groups is 1. The maximum Gasteiger partial charge on any atom is 0.573 e. The molecule has 274 valence electrons. The van der Waals surface area contributed by atoms with Crippen LogP contribution in [0.1, 0.15) is 65.1 Å². The fraction of sp³-hybridized carbons (Fsp3) is 0.289. The zero-order valence-corrected chi connectivity index (χ0v) is 28.8. The van der Waals surface area contributed by atoms with Crippen molar-refractivity contribution in [2.24, 2.45) is 0 Å². The highest BCUT2D eigenvalue weighted by molar-refractivity contribution is 7.84. The molecule has 0 bridgehead atoms. The normalized spacial score (nSPS) is 14.5. The van der Waals surface area contributed by atoms with E-state index < -0.39 is 53.5 Å². The number of carboxylic acids is 1. The highest BCUT2D eigenvalue weighted by Gasteiger charge is 2.33. The van der Waals surface area contributed by atoms with Crippen molar-refractivity contribution >= 4 is 40.1 Å². The molecule has 4 aromatic carbocycles. The number of nitrogens with zero attached hydrogens (tertiary/aromatic N) is 1. The van der Waals surface area contributed by atoms with Crippen molar-refractivity contribution in [1.82, 2.24) is 5.32 Å². The van der Waals surface area contributed by atoms with Gasteiger partial charge in [-0.1, -0.05) is 73.9 Å². The van der Waals surface area contributed by atoms with Crippen molar-refractivity contribution in [3.05, 3.63) is 119 Å². The number of hydrogen-bond donors (Lipinski definition) is 4. The second-order valence-electron chi connectivity index (χ2n) is 12.4. The summed E-state index contributed by atoms with van der Waals surface area (Å²) >= 11 is 0. The molecule has 4 aromatic rings. The number of carbonyl (C=O) groups excluding carboxylic acids is 2. The lowest BCUT2D eigenvalue weighted by Crippen LogP contribution is -2.36. The number of rotatable bonds is 13. The fourth-order valence-electron chi connectivity index (χ4n) is 5.93. The third-order valence-corrected chi connectivity index (χ3v) is 10.0. The average Bonchev–Trinajstić information content (AvgIpc) is 3.13. The van der Waals surface area contributed by atoms with Crippen LogP contribution in [0, 0.1) is 0 Å². The lowest BCUT2D eigenvalue weighted by molar-refractivity contribution is -0.275. The summed E-state index contributed by atoms with van der Waals surface area (Å²) in [5.74, 6) is -2.37. The third kappa shape index (κ3) is 10.7. The van der Waals surface area contributed by atoms with E-state index in [1.165, 1.54) is 35.6 Å². The van der Waals surface area contributed by atoms with Crippen LogP contribution in [-0.2, 0) is 27.9 Å². The quantitative estimate of drug-likeness (QED) is 0.112. The molecule has 0 aliphatic heterocycles. The van der Waals surface area contributed by atoms with Gasteiger partial charge < -0.3 is 25.6 Å². The molecule has 1 aliphatic rings. The van der Waals surface area contributed by atoms with Gasteiger partial charge in [0.2, 0.25) is 0 Å². The van der Waals surface area contributed by atoms with E-state index in [9.17, 15) is 36.9 Å². The van der Waals surface area contributed by atoms with Crippen molar-refractivity contribution in [3.63, 3.8) is 0 Å². The molecule has 0 aromatic heterocycles. The summed E-state index contributed by atoms with van der Waals surface area (Å²) in [6, 6.07) is 25.3. The lowest BCUT2D eigenvalue weighted by Gasteiger charge is -2.26. The van der Waals surface area contributed by atoms with E-state index in [1.54, 1.807) is 42.5 Å². The second kappa shape index (κ2) is 17.3. The number of nitrogens with one attached hydrogen (secondary N) is 2. The molecular weight excluding hydrogens is 699 g/mol. The summed E-state index contributed by atoms with van der Waals surface area (Å²) in [4.78, 5) is 38.5. The SMILES string of the molecule is O=C(NC[C@@H](O)C(=O)O)c1ccc(CN(C(=O)Nc2ccc(OC(F)(F)F)c(S(=O)Cc3ccccc3)c2)c2ccc(C3CCCCC3)cc2)cc1. The Hall–Kier alpha value is -5.21. The first-order valence-electron chi connectivity index (χ1n) is 16.6. The molecule has 1 unspecified atom stereocenters. The Balaban J connectivity index is 1.40. The monoisotopic (exact) mass is 737 g/mol. The van der Waals surface area contributed by atoms with Crippen LogP contribution in [0.25, 0.3) is 0 Å². The van der Waals surface area contributed by atoms with Gasteiger partial charge in [-0.15, -0.1) is 13.2 Å². The minimum Gasteiger partial charge on any atom is -0.479 e. The number of anilines is 2. The summed E-state index contributed by atoms with van der Waals surface area (Å²) in [7, 11) is -1.97. The van der Waals surface area contributed by atoms with Crippen molar-refractivity contribution in [2.45, 2.75) is 67.7 Å². The van der Waals surface area contributed by atoms with Gasteiger partial charge in [0.15, 0.2) is 6.10 Å². The molecule has 0 radical (unpaired) electrons. The van der Waals surface area contributed by atoms with Crippen molar-refractivity contribution < 1.29 is 46.7 Å². The van der Waals surface area contributed by atoms with Gasteiger partial charge in [0.1, 0.15) is 5.75 Å². The van der Waals surface area contributed by atoms with Gasteiger partial charge >= 0.3 is 18.4 Å². The Morgan fingerprint density at radius 1 is 0.885 bits per heavy atom. The van der Waals surface area contributed by atoms with Gasteiger partial charge in [-0.25, -0.2) is 9.59 Å². The molecule has 0 saturated heterocycles. The molecule has 1 fully saturated rings. The van der Waals surface area contributed by atoms with Crippen LogP contribution in [0.15, 0.2) is 102 Å². The predicted octanol–water partition coefficient (Wildman–Crippen LogP) is 7.35. The van der Waals surface area contributed by atoms with Crippen LogP contribution in [0.3, 0.4) is 0 Å². The van der Waals surface area contributed by atoms with Crippen molar-refractivity contribution in [3.8, 4) is 5.75 Å². The molecule has 5 rings (SSSR count). The summed E-state index contributed by atoms with van der Waals surface area (Å²) in [6.45, 7) is -0.456. The van der Waals surface area contributed by atoms with Crippen LogP contribution >= 0.6 is 0 Å². The molecule has 1 saturated carbocycles. The fourth-order valence-corrected chi connectivity index (χ4v) is 7.18. The van der Waals surface area contributed by atoms with Gasteiger partial charge in [0.25, 0.3) is 5.91 Å². The van der Waals surface area contributed by atoms with E-state index >= 15 is 0 Å². The van der Waals surface area contributed by atoms with E-state index in [-0.39, 0.29) is 28.4 Å². The molecule has 2 atom stereocenters. The first-order chi connectivity index (χ1) is 24.9. The van der Waals surface area contributed by atoms with Crippen molar-refractivity contribution in [2.75, 3.05) is 16.8 Å². The minimum absolute atomic E-state index is 0.0241. The number of aliphatic hydroxyl groups excluding tert-OH is 1. The topological polar surface area (TPSA) is 145 Å². The predicted molar refractivity (Wildman–Crippen MR) is 190 cm³/mol. The van der Waals surface area contributed by atoms with Crippen LogP contribution in [0.2, 0.25) is 0 Å². The zero-order chi connectivity index (χ0) is 37.3. The number of carbonyl (C=O) groups is 3. The second-order valence-corrected chi connectivity index (χ2v) is 13.8. The average molecular weight is 738 g/mol. The van der Waals surface area contributed by atoms with Crippen LogP contribution in [-0.4, -0.2) is 51.3 Å². The minimum atomic E-state index is -5.03. The number of halogens is 3. The lowest BCUT2D eigenvalue weighted by atomic mass is 9.84. The van der Waals surface area contributed by atoms with E-state index in [0.717, 1.165) is 37.3 Å². The number of amides is 3. The summed E-state index contributed by atoms with van der Waals surface area (Å²) in [5.41, 5.74) is 3.25. The number of aliphatic carboxylic acids is 1. The van der Waals surface area contributed by atoms with Crippen LogP contribution < -0.4 is 20.3 Å². The first kappa shape index (κ1) is 38.0. The number of alkyl halides is 3. The standard InChI is InChI=1S/C38H38F3N3O7S/c39-38(40,41)51-33-20-17-30(21-34(33)52(50)24-26-7-3-1-4-8-26)43-37(49)44(31-18-15-28(16-19-31)27-9-5-2-6-10-27)23-25-11-13-29(14-12-25)35(46)42-22-32(45)36(47)48/h1,3-4,7-8,11-21,27,32,45H,2,5-6,9-10,22-24H2,(H,42,46)(H,43,49)(H,47,48)/t32-,52?/m1/s1. The largest absolute Gasteiger partial charge is 0.573 e. The maximum absolute atomic E-state index is 14.0. The highest BCUT2D eigenvalue weighted by atomic mass is 32.2. The summed E-state index contributed by atoms with van der Waals surface area (Å²) in [5, 5.41) is 23.4. The van der Waals surface area contributed by atoms with Gasteiger partial charge in [-0.3, -0.25) is 13.9 Å². The van der Waals surface area contributed by atoms with E-state index in [2.05, 4.69) is 15.4 Å². The number of carboxylic acid groups (broad SMARTS) is 1. The number of urea groups is 1. The van der Waals surface area contributed by atoms with Gasteiger partial charge in [0.05, 0.1) is 34.5 Å². The van der Waals surface area contributed by atoms with Crippen LogP contribution in [0.4, 0.5) is 29.3 Å². The van der Waals surface area contributed by atoms with Gasteiger partial charge in [-0.05, 0) is 77.9 Å². The zero-order valence-electron chi connectivity index (χ0n) is 28.0.